The molecule has 5 atom stereocenters. The summed E-state index contributed by atoms with van der Waals surface area (Å²) in [4.78, 5) is 52.0. The molecule has 0 saturated carbocycles. The number of esters is 2. The standard InChI is InChI=1S/C27H25N3O10S/c1-17(37-24(32)18-9-5-3-6-10-18)21-22(38-25(33)19-11-7-4-8-12-19)23(40-41(2,35)36)27(15-28,39-21)16-30-14-13-20(31)29-26(30)34/h3-14,17,21-23H,16H2,1-2H3,(H,29,31,34)/t17-,21?,22-,23-,27+/m1/s1. The van der Waals surface area contributed by atoms with E-state index in [-0.39, 0.29) is 11.1 Å². The summed E-state index contributed by atoms with van der Waals surface area (Å²) in [6.07, 6.45) is -4.28. The minimum atomic E-state index is -4.32. The molecule has 0 amide bonds. The van der Waals surface area contributed by atoms with Crippen molar-refractivity contribution in [2.75, 3.05) is 6.26 Å². The lowest BCUT2D eigenvalue weighted by atomic mass is 9.94. The average molecular weight is 584 g/mol. The van der Waals surface area contributed by atoms with Crippen molar-refractivity contribution in [1.29, 1.82) is 5.26 Å². The summed E-state index contributed by atoms with van der Waals surface area (Å²) in [5.41, 5.74) is -3.60. The summed E-state index contributed by atoms with van der Waals surface area (Å²) < 4.78 is 48.2. The third kappa shape index (κ3) is 6.77. The Morgan fingerprint density at radius 3 is 2.17 bits per heavy atom. The molecule has 2 aromatic carbocycles. The minimum absolute atomic E-state index is 0.101. The first-order chi connectivity index (χ1) is 19.4. The molecule has 214 valence electrons. The molecular weight excluding hydrogens is 558 g/mol. The average Bonchev–Trinajstić information content (AvgIpc) is 3.22. The fourth-order valence-electron chi connectivity index (χ4n) is 4.35. The number of nitriles is 1. The van der Waals surface area contributed by atoms with Crippen LogP contribution in [0.1, 0.15) is 27.6 Å². The molecule has 14 heteroatoms. The van der Waals surface area contributed by atoms with Crippen LogP contribution in [-0.2, 0) is 35.1 Å². The van der Waals surface area contributed by atoms with Crippen molar-refractivity contribution in [1.82, 2.24) is 9.55 Å². The number of nitrogens with zero attached hydrogens (tertiary/aromatic N) is 2. The molecule has 0 radical (unpaired) electrons. The predicted octanol–water partition coefficient (Wildman–Crippen LogP) is 1.01. The van der Waals surface area contributed by atoms with Crippen molar-refractivity contribution in [3.63, 3.8) is 0 Å². The molecule has 0 bridgehead atoms. The van der Waals surface area contributed by atoms with E-state index < -0.39 is 69.9 Å². The maximum absolute atomic E-state index is 13.1. The van der Waals surface area contributed by atoms with Gasteiger partial charge in [0, 0.05) is 12.3 Å². The van der Waals surface area contributed by atoms with Gasteiger partial charge in [0.05, 0.1) is 23.9 Å². The number of benzene rings is 2. The van der Waals surface area contributed by atoms with Crippen LogP contribution in [0, 0.1) is 11.3 Å². The summed E-state index contributed by atoms with van der Waals surface area (Å²) in [5.74, 6) is -1.66. The molecule has 41 heavy (non-hydrogen) atoms. The van der Waals surface area contributed by atoms with E-state index in [4.69, 9.17) is 18.4 Å². The minimum Gasteiger partial charge on any atom is -0.456 e. The Bertz CT molecular complexity index is 1680. The molecule has 3 aromatic rings. The first kappa shape index (κ1) is 29.4. The lowest BCUT2D eigenvalue weighted by Crippen LogP contribution is -2.51. The Balaban J connectivity index is 1.78. The Morgan fingerprint density at radius 1 is 1.05 bits per heavy atom. The number of aromatic amines is 1. The van der Waals surface area contributed by atoms with Gasteiger partial charge in [0.25, 0.3) is 15.7 Å². The molecule has 0 aliphatic carbocycles. The number of hydrogen-bond donors (Lipinski definition) is 1. The van der Waals surface area contributed by atoms with Crippen molar-refractivity contribution >= 4 is 22.1 Å². The second-order valence-corrected chi connectivity index (χ2v) is 10.9. The molecule has 1 unspecified atom stereocenters. The molecule has 1 fully saturated rings. The highest BCUT2D eigenvalue weighted by Crippen LogP contribution is 2.39. The first-order valence-corrected chi connectivity index (χ1v) is 14.0. The highest BCUT2D eigenvalue weighted by Gasteiger charge is 2.62. The summed E-state index contributed by atoms with van der Waals surface area (Å²) >= 11 is 0. The Kier molecular flexibility index (Phi) is 8.52. The molecular formula is C27H25N3O10S. The zero-order valence-corrected chi connectivity index (χ0v) is 22.6. The van der Waals surface area contributed by atoms with Crippen LogP contribution in [0.4, 0.5) is 0 Å². The second kappa shape index (κ2) is 11.9. The number of rotatable bonds is 9. The number of carbonyl (C=O) groups excluding carboxylic acids is 2. The zero-order chi connectivity index (χ0) is 29.8. The molecule has 1 aromatic heterocycles. The van der Waals surface area contributed by atoms with Gasteiger partial charge in [-0.15, -0.1) is 0 Å². The molecule has 1 aliphatic rings. The topological polar surface area (TPSA) is 184 Å². The van der Waals surface area contributed by atoms with E-state index in [1.54, 1.807) is 36.4 Å². The van der Waals surface area contributed by atoms with Crippen LogP contribution in [0.15, 0.2) is 82.5 Å². The van der Waals surface area contributed by atoms with E-state index in [0.29, 0.717) is 0 Å². The number of ether oxygens (including phenoxy) is 3. The zero-order valence-electron chi connectivity index (χ0n) is 21.8. The van der Waals surface area contributed by atoms with E-state index in [2.05, 4.69) is 0 Å². The van der Waals surface area contributed by atoms with Crippen LogP contribution in [0.2, 0.25) is 0 Å². The van der Waals surface area contributed by atoms with Crippen LogP contribution < -0.4 is 11.2 Å². The van der Waals surface area contributed by atoms with Gasteiger partial charge in [-0.2, -0.15) is 13.7 Å². The molecule has 0 spiro atoms. The maximum Gasteiger partial charge on any atom is 0.338 e. The van der Waals surface area contributed by atoms with Gasteiger partial charge >= 0.3 is 17.6 Å². The Labute approximate surface area is 234 Å². The number of carbonyl (C=O) groups is 2. The van der Waals surface area contributed by atoms with Crippen molar-refractivity contribution < 1.29 is 36.4 Å². The smallest absolute Gasteiger partial charge is 0.338 e. The maximum atomic E-state index is 13.1. The third-order valence-corrected chi connectivity index (χ3v) is 6.77. The SMILES string of the molecule is C[C@@H](OC(=O)c1ccccc1)C1O[C@@](C#N)(Cn2ccc(=O)[nH]c2=O)[C@H](OS(C)(=O)=O)[C@@H]1OC(=O)c1ccccc1. The summed E-state index contributed by atoms with van der Waals surface area (Å²) in [5, 5.41) is 10.3. The van der Waals surface area contributed by atoms with E-state index in [9.17, 15) is 32.9 Å². The van der Waals surface area contributed by atoms with Crippen LogP contribution in [-0.4, -0.2) is 66.2 Å². The Hall–Kier alpha value is -4.58. The molecule has 13 nitrogen and oxygen atoms in total. The van der Waals surface area contributed by atoms with E-state index >= 15 is 0 Å². The van der Waals surface area contributed by atoms with Crippen molar-refractivity contribution in [3.05, 3.63) is 105 Å². The lowest BCUT2D eigenvalue weighted by molar-refractivity contribution is -0.0941. The van der Waals surface area contributed by atoms with Gasteiger partial charge in [0.2, 0.25) is 5.60 Å². The van der Waals surface area contributed by atoms with Crippen LogP contribution in [0.25, 0.3) is 0 Å². The number of hydrogen-bond acceptors (Lipinski definition) is 11. The van der Waals surface area contributed by atoms with Crippen LogP contribution in [0.5, 0.6) is 0 Å². The number of nitrogens with one attached hydrogen (secondary N) is 1. The van der Waals surface area contributed by atoms with Gasteiger partial charge < -0.3 is 14.2 Å². The summed E-state index contributed by atoms with van der Waals surface area (Å²) in [6, 6.07) is 18.6. The first-order valence-electron chi connectivity index (χ1n) is 12.2. The van der Waals surface area contributed by atoms with Crippen LogP contribution in [0.3, 0.4) is 0 Å². The molecule has 1 saturated heterocycles. The third-order valence-electron chi connectivity index (χ3n) is 6.22. The van der Waals surface area contributed by atoms with Gasteiger partial charge in [-0.1, -0.05) is 36.4 Å². The second-order valence-electron chi connectivity index (χ2n) is 9.26. The highest BCUT2D eigenvalue weighted by atomic mass is 32.2. The number of aromatic nitrogens is 2. The van der Waals surface area contributed by atoms with Gasteiger partial charge in [0.15, 0.2) is 12.2 Å². The van der Waals surface area contributed by atoms with Gasteiger partial charge in [-0.05, 0) is 31.2 Å². The highest BCUT2D eigenvalue weighted by molar-refractivity contribution is 7.86. The summed E-state index contributed by atoms with van der Waals surface area (Å²) in [6.45, 7) is 0.764. The fraction of sp³-hybridized carbons (Fsp3) is 0.296. The van der Waals surface area contributed by atoms with E-state index in [1.165, 1.54) is 31.2 Å². The van der Waals surface area contributed by atoms with Crippen molar-refractivity contribution in [2.45, 2.75) is 43.5 Å². The number of H-pyrrole nitrogens is 1. The molecule has 1 N–H and O–H groups in total. The molecule has 1 aliphatic heterocycles. The lowest BCUT2D eigenvalue weighted by Gasteiger charge is -2.28. The fourth-order valence-corrected chi connectivity index (χ4v) is 4.99. The quantitative estimate of drug-likeness (QED) is 0.280. The predicted molar refractivity (Wildman–Crippen MR) is 141 cm³/mol. The van der Waals surface area contributed by atoms with Gasteiger partial charge in [-0.3, -0.25) is 18.5 Å². The van der Waals surface area contributed by atoms with Crippen molar-refractivity contribution in [2.24, 2.45) is 0 Å². The van der Waals surface area contributed by atoms with E-state index in [1.807, 2.05) is 11.1 Å². The molecule has 4 rings (SSSR count). The largest absolute Gasteiger partial charge is 0.456 e. The van der Waals surface area contributed by atoms with Gasteiger partial charge in [-0.25, -0.2) is 14.4 Å². The normalized spacial score (nSPS) is 22.8. The van der Waals surface area contributed by atoms with Crippen LogP contribution >= 0.6 is 0 Å². The Morgan fingerprint density at radius 2 is 1.63 bits per heavy atom. The van der Waals surface area contributed by atoms with E-state index in [0.717, 1.165) is 23.1 Å². The molecule has 2 heterocycles. The van der Waals surface area contributed by atoms with Crippen molar-refractivity contribution in [3.8, 4) is 6.07 Å². The summed E-state index contributed by atoms with van der Waals surface area (Å²) in [7, 11) is -4.32. The monoisotopic (exact) mass is 583 g/mol. The van der Waals surface area contributed by atoms with Gasteiger partial charge in [0.1, 0.15) is 18.3 Å².